The zero-order valence-corrected chi connectivity index (χ0v) is 47.8. The minimum Gasteiger partial charge on any atom is -0.508 e. The number of phenolic OH excluding ortho intramolecular Hbond substituents is 1. The molecule has 0 spiro atoms. The minimum atomic E-state index is -1.86. The van der Waals surface area contributed by atoms with E-state index in [1.807, 2.05) is 13.8 Å². The molecule has 10 unspecified atom stereocenters. The maximum atomic E-state index is 14.3. The Morgan fingerprint density at radius 1 is 0.488 bits per heavy atom. The summed E-state index contributed by atoms with van der Waals surface area (Å²) in [6.07, 6.45) is -3.93. The molecule has 82 heavy (non-hydrogen) atoms. The normalized spacial score (nSPS) is 14.8. The van der Waals surface area contributed by atoms with Crippen molar-refractivity contribution in [3.05, 3.63) is 29.8 Å². The SMILES string of the molecule is CCC(C)C(NC(=O)C(CCC(=O)O)NC(=O)C(CCC(=O)O)NC(=O)C(CCC(=O)O)NC(=O)C(Cc1ccc(O)cc1)NC(=O)C(N)CC(C)C)C(=O)NC(CCCN=C(N)N)C(=O)NC(C(=O)NC(CC(C)C)C(=O)O)C(C)C. The van der Waals surface area contributed by atoms with Crippen molar-refractivity contribution in [2.24, 2.45) is 45.9 Å². The van der Waals surface area contributed by atoms with Gasteiger partial charge in [0, 0.05) is 32.2 Å². The molecule has 29 heteroatoms. The fraction of sp³-hybridized carbons (Fsp3) is 0.642. The summed E-state index contributed by atoms with van der Waals surface area (Å²) in [7, 11) is 0. The molecule has 1 aromatic rings. The van der Waals surface area contributed by atoms with Crippen molar-refractivity contribution >= 4 is 77.1 Å². The van der Waals surface area contributed by atoms with E-state index >= 15 is 0 Å². The molecule has 1 aromatic carbocycles. The molecule has 0 aliphatic carbocycles. The third kappa shape index (κ3) is 27.9. The smallest absolute Gasteiger partial charge is 0.326 e. The summed E-state index contributed by atoms with van der Waals surface area (Å²) >= 11 is 0. The number of aromatic hydroxyl groups is 1. The topological polar surface area (TPSA) is 493 Å². The summed E-state index contributed by atoms with van der Waals surface area (Å²) in [5, 5.41) is 68.1. The van der Waals surface area contributed by atoms with Gasteiger partial charge in [-0.25, -0.2) is 4.79 Å². The monoisotopic (exact) mass is 1160 g/mol. The number of carboxylic acid groups (broad SMARTS) is 4. The van der Waals surface area contributed by atoms with E-state index in [1.165, 1.54) is 24.3 Å². The number of nitrogens with one attached hydrogen (secondary N) is 8. The van der Waals surface area contributed by atoms with Crippen molar-refractivity contribution in [1.82, 2.24) is 42.5 Å². The number of aliphatic carboxylic acids is 4. The number of amides is 8. The average Bonchev–Trinajstić information content (AvgIpc) is 3.39. The summed E-state index contributed by atoms with van der Waals surface area (Å²) in [5.74, 6) is -15.4. The van der Waals surface area contributed by atoms with Crippen LogP contribution < -0.4 is 59.7 Å². The van der Waals surface area contributed by atoms with Crippen LogP contribution in [0.25, 0.3) is 0 Å². The van der Waals surface area contributed by atoms with E-state index in [0.717, 1.165) is 0 Å². The molecule has 0 aliphatic heterocycles. The molecule has 0 heterocycles. The van der Waals surface area contributed by atoms with Crippen LogP contribution in [0, 0.1) is 23.7 Å². The Labute approximate surface area is 476 Å². The number of carbonyl (C=O) groups excluding carboxylic acids is 8. The van der Waals surface area contributed by atoms with E-state index in [-0.39, 0.29) is 68.6 Å². The molecule has 0 bridgehead atoms. The number of nitrogens with zero attached hydrogens (tertiary/aromatic N) is 1. The van der Waals surface area contributed by atoms with E-state index in [1.54, 1.807) is 41.5 Å². The second-order valence-electron chi connectivity index (χ2n) is 21.3. The largest absolute Gasteiger partial charge is 0.508 e. The van der Waals surface area contributed by atoms with Crippen molar-refractivity contribution < 1.29 is 83.1 Å². The fourth-order valence-corrected chi connectivity index (χ4v) is 8.13. The number of rotatable bonds is 39. The Hall–Kier alpha value is -8.11. The quantitative estimate of drug-likeness (QED) is 0.0206. The molecule has 0 saturated carbocycles. The van der Waals surface area contributed by atoms with Crippen LogP contribution in [-0.4, -0.2) is 164 Å². The van der Waals surface area contributed by atoms with Crippen LogP contribution in [0.4, 0.5) is 0 Å². The Kier molecular flexibility index (Phi) is 31.8. The summed E-state index contributed by atoms with van der Waals surface area (Å²) in [5.41, 5.74) is 17.5. The lowest BCUT2D eigenvalue weighted by atomic mass is 9.96. The van der Waals surface area contributed by atoms with Crippen molar-refractivity contribution in [2.45, 2.75) is 187 Å². The third-order valence-electron chi connectivity index (χ3n) is 12.9. The van der Waals surface area contributed by atoms with E-state index in [2.05, 4.69) is 47.5 Å². The number of carbonyl (C=O) groups is 12. The number of hydrogen-bond donors (Lipinski definition) is 16. The summed E-state index contributed by atoms with van der Waals surface area (Å²) < 4.78 is 0. The molecular weight excluding hydrogens is 1080 g/mol. The van der Waals surface area contributed by atoms with Crippen LogP contribution >= 0.6 is 0 Å². The molecule has 0 saturated heterocycles. The minimum absolute atomic E-state index is 0.00987. The number of nitrogens with two attached hydrogens (primary N) is 3. The third-order valence-corrected chi connectivity index (χ3v) is 12.9. The van der Waals surface area contributed by atoms with E-state index in [4.69, 9.17) is 17.2 Å². The fourth-order valence-electron chi connectivity index (χ4n) is 8.13. The van der Waals surface area contributed by atoms with E-state index in [9.17, 15) is 83.1 Å². The lowest BCUT2D eigenvalue weighted by molar-refractivity contribution is -0.143. The maximum absolute atomic E-state index is 14.3. The summed E-state index contributed by atoms with van der Waals surface area (Å²) in [6.45, 7) is 13.6. The van der Waals surface area contributed by atoms with Gasteiger partial charge in [0.25, 0.3) is 0 Å². The molecule has 19 N–H and O–H groups in total. The van der Waals surface area contributed by atoms with Gasteiger partial charge in [-0.1, -0.05) is 73.9 Å². The Morgan fingerprint density at radius 2 is 0.866 bits per heavy atom. The van der Waals surface area contributed by atoms with Gasteiger partial charge in [0.05, 0.1) is 6.04 Å². The van der Waals surface area contributed by atoms with Gasteiger partial charge in [-0.3, -0.25) is 57.7 Å². The van der Waals surface area contributed by atoms with Crippen LogP contribution in [0.3, 0.4) is 0 Å². The van der Waals surface area contributed by atoms with E-state index < -0.39 is 176 Å². The number of carboxylic acids is 4. The molecule has 460 valence electrons. The highest BCUT2D eigenvalue weighted by molar-refractivity contribution is 5.98. The van der Waals surface area contributed by atoms with Crippen LogP contribution in [0.2, 0.25) is 0 Å². The number of guanidine groups is 1. The van der Waals surface area contributed by atoms with Gasteiger partial charge in [-0.05, 0) is 86.3 Å². The first-order valence-electron chi connectivity index (χ1n) is 27.2. The molecule has 0 aliphatic rings. The van der Waals surface area contributed by atoms with Crippen LogP contribution in [0.15, 0.2) is 29.3 Å². The predicted molar refractivity (Wildman–Crippen MR) is 297 cm³/mol. The Balaban J connectivity index is 3.68. The lowest BCUT2D eigenvalue weighted by Crippen LogP contribution is -2.61. The highest BCUT2D eigenvalue weighted by Gasteiger charge is 2.37. The first kappa shape index (κ1) is 71.9. The van der Waals surface area contributed by atoms with Gasteiger partial charge >= 0.3 is 23.9 Å². The van der Waals surface area contributed by atoms with Gasteiger partial charge in [-0.15, -0.1) is 0 Å². The molecule has 0 fully saturated rings. The molecule has 0 aromatic heterocycles. The van der Waals surface area contributed by atoms with Gasteiger partial charge < -0.3 is 85.3 Å². The highest BCUT2D eigenvalue weighted by atomic mass is 16.4. The molecule has 29 nitrogen and oxygen atoms in total. The van der Waals surface area contributed by atoms with Crippen molar-refractivity contribution in [3.63, 3.8) is 0 Å². The van der Waals surface area contributed by atoms with Crippen LogP contribution in [0.5, 0.6) is 5.75 Å². The maximum Gasteiger partial charge on any atom is 0.326 e. The predicted octanol–water partition coefficient (Wildman–Crippen LogP) is -1.33. The molecule has 8 amide bonds. The lowest BCUT2D eigenvalue weighted by Gasteiger charge is -2.30. The number of phenols is 1. The second-order valence-corrected chi connectivity index (χ2v) is 21.3. The number of aliphatic imine (C=N–C) groups is 1. The van der Waals surface area contributed by atoms with Gasteiger partial charge in [-0.2, -0.15) is 0 Å². The Morgan fingerprint density at radius 3 is 1.27 bits per heavy atom. The van der Waals surface area contributed by atoms with Gasteiger partial charge in [0.1, 0.15) is 54.1 Å². The number of benzene rings is 1. The first-order valence-corrected chi connectivity index (χ1v) is 27.2. The zero-order valence-electron chi connectivity index (χ0n) is 47.8. The molecular formula is C53H86N12O17. The summed E-state index contributed by atoms with van der Waals surface area (Å²) in [4.78, 5) is 163. The summed E-state index contributed by atoms with van der Waals surface area (Å²) in [6, 6.07) is -7.91. The van der Waals surface area contributed by atoms with Crippen molar-refractivity contribution in [3.8, 4) is 5.75 Å². The molecule has 0 radical (unpaired) electrons. The molecule has 1 rings (SSSR count). The standard InChI is InChI=1S/C53H86N12O17/c1-9-29(8)43(51(80)61-33(11-10-22-57-53(55)56)47(76)64-42(28(6)7)50(79)63-38(52(81)82)24-27(4)5)65-48(77)36(18-21-41(71)72)59-45(74)34(16-19-39(67)68)58-46(75)35(17-20-40(69)70)60-49(78)37(25-30-12-14-31(66)15-13-30)62-44(73)32(54)23-26(2)3/h12-15,26-29,32-38,42-43,66H,9-11,16-25,54H2,1-8H3,(H,58,75)(H,59,74)(H,60,78)(H,61,80)(H,62,73)(H,63,79)(H,64,76)(H,65,77)(H,67,68)(H,69,70)(H,71,72)(H,81,82)(H4,55,56,57). The van der Waals surface area contributed by atoms with Crippen LogP contribution in [-0.2, 0) is 64.0 Å². The first-order chi connectivity index (χ1) is 38.3. The van der Waals surface area contributed by atoms with Gasteiger partial charge in [0.15, 0.2) is 5.96 Å². The Bertz CT molecular complexity index is 2380. The van der Waals surface area contributed by atoms with Gasteiger partial charge in [0.2, 0.25) is 47.3 Å². The van der Waals surface area contributed by atoms with Crippen molar-refractivity contribution in [1.29, 1.82) is 0 Å². The zero-order chi connectivity index (χ0) is 62.6. The average molecular weight is 1160 g/mol. The van der Waals surface area contributed by atoms with Crippen molar-refractivity contribution in [2.75, 3.05) is 6.54 Å². The molecule has 10 atom stereocenters. The second kappa shape index (κ2) is 36.3. The van der Waals surface area contributed by atoms with Crippen LogP contribution in [0.1, 0.15) is 132 Å². The highest BCUT2D eigenvalue weighted by Crippen LogP contribution is 2.16. The van der Waals surface area contributed by atoms with E-state index in [0.29, 0.717) is 5.56 Å². The number of hydrogen-bond acceptors (Lipinski definition) is 15.